The molecule has 94 valence electrons. The van der Waals surface area contributed by atoms with E-state index in [1.807, 2.05) is 0 Å². The molecular formula is C18H22. The molecule has 0 heterocycles. The van der Waals surface area contributed by atoms with Crippen LogP contribution in [-0.4, -0.2) is 0 Å². The van der Waals surface area contributed by atoms with E-state index in [9.17, 15) is 0 Å². The molecule has 2 atom stereocenters. The number of fused-ring (bicyclic) bond motifs is 1. The largest absolute Gasteiger partial charge is 0.0839 e. The lowest BCUT2D eigenvalue weighted by molar-refractivity contribution is 0.269. The average molecular weight is 238 g/mol. The van der Waals surface area contributed by atoms with E-state index in [1.54, 1.807) is 5.57 Å². The van der Waals surface area contributed by atoms with Gasteiger partial charge >= 0.3 is 0 Å². The topological polar surface area (TPSA) is 0 Å². The Morgan fingerprint density at radius 3 is 2.50 bits per heavy atom. The molecule has 0 heteroatoms. The summed E-state index contributed by atoms with van der Waals surface area (Å²) in [6.45, 7) is 7.28. The van der Waals surface area contributed by atoms with Crippen LogP contribution in [0.1, 0.15) is 39.2 Å². The molecule has 0 nitrogen and oxygen atoms in total. The van der Waals surface area contributed by atoms with Crippen molar-refractivity contribution in [3.8, 4) is 0 Å². The summed E-state index contributed by atoms with van der Waals surface area (Å²) >= 11 is 0. The van der Waals surface area contributed by atoms with Crippen LogP contribution in [0.2, 0.25) is 0 Å². The minimum absolute atomic E-state index is 0.222. The molecule has 0 spiro atoms. The third-order valence-corrected chi connectivity index (χ3v) is 4.96. The molecule has 2 aliphatic carbocycles. The van der Waals surface area contributed by atoms with Crippen LogP contribution >= 0.6 is 0 Å². The second kappa shape index (κ2) is 3.85. The molecule has 0 radical (unpaired) electrons. The second-order valence-electron chi connectivity index (χ2n) is 6.70. The van der Waals surface area contributed by atoms with E-state index in [2.05, 4.69) is 69.3 Å². The Labute approximate surface area is 110 Å². The lowest BCUT2D eigenvalue weighted by atomic mass is 9.75. The molecule has 0 N–H and O–H groups in total. The van der Waals surface area contributed by atoms with Gasteiger partial charge in [0.25, 0.3) is 0 Å². The SMILES string of the molecule is CC1(c2ccccc2)CC(C)(C)C2CC=CC=C21. The maximum atomic E-state index is 2.43. The van der Waals surface area contributed by atoms with Crippen molar-refractivity contribution in [3.05, 3.63) is 59.7 Å². The quantitative estimate of drug-likeness (QED) is 0.654. The predicted molar refractivity (Wildman–Crippen MR) is 77.5 cm³/mol. The Morgan fingerprint density at radius 2 is 1.78 bits per heavy atom. The highest BCUT2D eigenvalue weighted by molar-refractivity contribution is 5.44. The summed E-state index contributed by atoms with van der Waals surface area (Å²) in [6, 6.07) is 11.0. The van der Waals surface area contributed by atoms with Crippen LogP contribution in [-0.2, 0) is 5.41 Å². The van der Waals surface area contributed by atoms with Gasteiger partial charge in [0.15, 0.2) is 0 Å². The first-order chi connectivity index (χ1) is 8.54. The number of rotatable bonds is 1. The minimum atomic E-state index is 0.222. The summed E-state index contributed by atoms with van der Waals surface area (Å²) < 4.78 is 0. The molecule has 1 aromatic carbocycles. The molecule has 0 saturated heterocycles. The summed E-state index contributed by atoms with van der Waals surface area (Å²) in [5.41, 5.74) is 3.74. The first-order valence-corrected chi connectivity index (χ1v) is 6.97. The number of allylic oxidation sites excluding steroid dienone is 4. The zero-order valence-corrected chi connectivity index (χ0v) is 11.6. The van der Waals surface area contributed by atoms with Crippen molar-refractivity contribution < 1.29 is 0 Å². The van der Waals surface area contributed by atoms with Crippen LogP contribution in [0.15, 0.2) is 54.1 Å². The first-order valence-electron chi connectivity index (χ1n) is 6.97. The van der Waals surface area contributed by atoms with Crippen molar-refractivity contribution in [2.24, 2.45) is 11.3 Å². The van der Waals surface area contributed by atoms with Gasteiger partial charge in [-0.05, 0) is 29.7 Å². The van der Waals surface area contributed by atoms with Gasteiger partial charge in [0, 0.05) is 5.41 Å². The van der Waals surface area contributed by atoms with Gasteiger partial charge < -0.3 is 0 Å². The van der Waals surface area contributed by atoms with E-state index >= 15 is 0 Å². The van der Waals surface area contributed by atoms with E-state index in [-0.39, 0.29) is 5.41 Å². The Morgan fingerprint density at radius 1 is 1.06 bits per heavy atom. The number of hydrogen-bond donors (Lipinski definition) is 0. The van der Waals surface area contributed by atoms with E-state index in [0.717, 1.165) is 0 Å². The van der Waals surface area contributed by atoms with Crippen LogP contribution in [0, 0.1) is 11.3 Å². The van der Waals surface area contributed by atoms with Crippen LogP contribution in [0.25, 0.3) is 0 Å². The molecule has 18 heavy (non-hydrogen) atoms. The lowest BCUT2D eigenvalue weighted by Gasteiger charge is -2.29. The normalized spacial score (nSPS) is 33.1. The van der Waals surface area contributed by atoms with Crippen molar-refractivity contribution in [3.63, 3.8) is 0 Å². The van der Waals surface area contributed by atoms with Gasteiger partial charge in [0.1, 0.15) is 0 Å². The average Bonchev–Trinajstić information content (AvgIpc) is 2.60. The number of benzene rings is 1. The monoisotopic (exact) mass is 238 g/mol. The van der Waals surface area contributed by atoms with Gasteiger partial charge in [-0.2, -0.15) is 0 Å². The molecule has 0 aromatic heterocycles. The Bertz CT molecular complexity index is 504. The summed E-state index contributed by atoms with van der Waals surface area (Å²) in [6.07, 6.45) is 9.40. The first kappa shape index (κ1) is 11.8. The summed E-state index contributed by atoms with van der Waals surface area (Å²) in [5, 5.41) is 0. The zero-order valence-electron chi connectivity index (χ0n) is 11.6. The molecule has 1 fully saturated rings. The maximum Gasteiger partial charge on any atom is 0.0145 e. The third kappa shape index (κ3) is 1.59. The van der Waals surface area contributed by atoms with Crippen molar-refractivity contribution >= 4 is 0 Å². The van der Waals surface area contributed by atoms with Crippen molar-refractivity contribution in [1.29, 1.82) is 0 Å². The van der Waals surface area contributed by atoms with Crippen LogP contribution < -0.4 is 0 Å². The van der Waals surface area contributed by atoms with Crippen LogP contribution in [0.5, 0.6) is 0 Å². The zero-order chi connectivity index (χ0) is 12.8. The van der Waals surface area contributed by atoms with Crippen molar-refractivity contribution in [2.75, 3.05) is 0 Å². The molecule has 2 unspecified atom stereocenters. The Balaban J connectivity index is 2.12. The molecule has 0 aliphatic heterocycles. The smallest absolute Gasteiger partial charge is 0.0145 e. The van der Waals surface area contributed by atoms with Gasteiger partial charge in [0.05, 0.1) is 0 Å². The van der Waals surface area contributed by atoms with Crippen molar-refractivity contribution in [2.45, 2.75) is 39.0 Å². The summed E-state index contributed by atoms with van der Waals surface area (Å²) in [5.74, 6) is 0.715. The van der Waals surface area contributed by atoms with Gasteiger partial charge in [0.2, 0.25) is 0 Å². The standard InChI is InChI=1S/C18H22/c1-17(2)13-18(3,14-9-5-4-6-10-14)16-12-8-7-11-15(16)17/h4-10,12,15H,11,13H2,1-3H3. The molecule has 3 rings (SSSR count). The number of hydrogen-bond acceptors (Lipinski definition) is 0. The molecular weight excluding hydrogens is 216 g/mol. The van der Waals surface area contributed by atoms with E-state index < -0.39 is 0 Å². The molecule has 0 bridgehead atoms. The Hall–Kier alpha value is -1.30. The minimum Gasteiger partial charge on any atom is -0.0839 e. The molecule has 1 saturated carbocycles. The Kier molecular flexibility index (Phi) is 2.52. The van der Waals surface area contributed by atoms with Gasteiger partial charge in [-0.3, -0.25) is 0 Å². The van der Waals surface area contributed by atoms with Gasteiger partial charge in [-0.15, -0.1) is 0 Å². The molecule has 0 amide bonds. The summed E-state index contributed by atoms with van der Waals surface area (Å²) in [4.78, 5) is 0. The fourth-order valence-corrected chi connectivity index (χ4v) is 4.15. The summed E-state index contributed by atoms with van der Waals surface area (Å²) in [7, 11) is 0. The fourth-order valence-electron chi connectivity index (χ4n) is 4.15. The van der Waals surface area contributed by atoms with Gasteiger partial charge in [-0.1, -0.05) is 74.9 Å². The second-order valence-corrected chi connectivity index (χ2v) is 6.70. The van der Waals surface area contributed by atoms with Gasteiger partial charge in [-0.25, -0.2) is 0 Å². The highest BCUT2D eigenvalue weighted by atomic mass is 14.5. The van der Waals surface area contributed by atoms with Crippen LogP contribution in [0.4, 0.5) is 0 Å². The van der Waals surface area contributed by atoms with E-state index in [0.29, 0.717) is 11.3 Å². The predicted octanol–water partition coefficient (Wildman–Crippen LogP) is 4.88. The highest BCUT2D eigenvalue weighted by Crippen LogP contribution is 2.59. The van der Waals surface area contributed by atoms with Crippen molar-refractivity contribution in [1.82, 2.24) is 0 Å². The third-order valence-electron chi connectivity index (χ3n) is 4.96. The van der Waals surface area contributed by atoms with E-state index in [4.69, 9.17) is 0 Å². The lowest BCUT2D eigenvalue weighted by Crippen LogP contribution is -2.21. The molecule has 1 aromatic rings. The fraction of sp³-hybridized carbons (Fsp3) is 0.444. The molecule has 2 aliphatic rings. The maximum absolute atomic E-state index is 2.43. The van der Waals surface area contributed by atoms with E-state index in [1.165, 1.54) is 18.4 Å². The highest BCUT2D eigenvalue weighted by Gasteiger charge is 2.51. The van der Waals surface area contributed by atoms with Crippen LogP contribution in [0.3, 0.4) is 0 Å².